The molecule has 0 aliphatic carbocycles. The number of hydrogen-bond acceptors (Lipinski definition) is 8. The van der Waals surface area contributed by atoms with Crippen LogP contribution in [0.1, 0.15) is 97.3 Å². The van der Waals surface area contributed by atoms with E-state index in [1.807, 2.05) is 0 Å². The van der Waals surface area contributed by atoms with E-state index in [0.29, 0.717) is 6.42 Å². The summed E-state index contributed by atoms with van der Waals surface area (Å²) >= 11 is 0. The van der Waals surface area contributed by atoms with Gasteiger partial charge in [0.1, 0.15) is 6.61 Å². The fourth-order valence-corrected chi connectivity index (χ4v) is 3.59. The van der Waals surface area contributed by atoms with E-state index in [1.165, 1.54) is 51.4 Å². The van der Waals surface area contributed by atoms with Gasteiger partial charge in [0.15, 0.2) is 6.10 Å². The Hall–Kier alpha value is -1.59. The third kappa shape index (κ3) is 36.5. The van der Waals surface area contributed by atoms with Gasteiger partial charge >= 0.3 is 71.1 Å². The molecule has 220 valence electrons. The van der Waals surface area contributed by atoms with Crippen molar-refractivity contribution in [2.45, 2.75) is 103 Å². The first-order chi connectivity index (χ1) is 19.8. The zero-order chi connectivity index (χ0) is 30.4. The second kappa shape index (κ2) is 33.3. The third-order valence-electron chi connectivity index (χ3n) is 5.20. The van der Waals surface area contributed by atoms with Gasteiger partial charge in [-0.15, -0.1) is 0 Å². The standard InChI is InChI=1S/C32H39O8P.2Na/c1-3-5-7-9-11-13-15-17-19-21-23-25-27-32(34)40-30(29-39-41(35,36)37)28-38-31(33)26-24-22-20-18-16-14-12-10-8-6-4-2;;/h30H,3,5,7,9,11,13,15,17,19,21,23,25,27-29H2,1-2H3,(H2,35,36,37);;/q;2*+1/p-2/t30-;;/m1../s1. The number of phosphoric acid groups is 1. The molecule has 43 heavy (non-hydrogen) atoms. The molecule has 0 rings (SSSR count). The van der Waals surface area contributed by atoms with Crippen LogP contribution in [0.2, 0.25) is 0 Å². The molecule has 0 aromatic carbocycles. The molecule has 0 aliphatic rings. The fraction of sp³-hybridized carbons (Fsp3) is 0.562. The van der Waals surface area contributed by atoms with Crippen molar-refractivity contribution < 1.29 is 97.1 Å². The van der Waals surface area contributed by atoms with Crippen LogP contribution in [0.3, 0.4) is 0 Å². The third-order valence-corrected chi connectivity index (χ3v) is 5.67. The zero-order valence-corrected chi connectivity index (χ0v) is 30.8. The molecule has 0 unspecified atom stereocenters. The molecule has 0 aliphatic heterocycles. The van der Waals surface area contributed by atoms with Gasteiger partial charge in [-0.25, -0.2) is 4.79 Å². The van der Waals surface area contributed by atoms with Gasteiger partial charge in [0, 0.05) is 12.3 Å². The van der Waals surface area contributed by atoms with E-state index < -0.39 is 39.1 Å². The molecule has 8 nitrogen and oxygen atoms in total. The molecule has 11 heteroatoms. The summed E-state index contributed by atoms with van der Waals surface area (Å²) in [4.78, 5) is 45.6. The monoisotopic (exact) mass is 626 g/mol. The Morgan fingerprint density at radius 3 is 1.58 bits per heavy atom. The van der Waals surface area contributed by atoms with Gasteiger partial charge in [0.2, 0.25) is 0 Å². The zero-order valence-electron chi connectivity index (χ0n) is 25.9. The van der Waals surface area contributed by atoms with E-state index >= 15 is 0 Å². The van der Waals surface area contributed by atoms with Gasteiger partial charge in [-0.1, -0.05) is 83.5 Å². The maximum atomic E-state index is 12.2. The Morgan fingerprint density at radius 1 is 0.674 bits per heavy atom. The van der Waals surface area contributed by atoms with E-state index in [4.69, 9.17) is 9.47 Å². The second-order valence-electron chi connectivity index (χ2n) is 8.72. The minimum absolute atomic E-state index is 0. The minimum atomic E-state index is -5.31. The van der Waals surface area contributed by atoms with Crippen molar-refractivity contribution >= 4 is 19.8 Å². The molecule has 0 heterocycles. The van der Waals surface area contributed by atoms with Crippen LogP contribution in [0.4, 0.5) is 0 Å². The number of unbranched alkanes of at least 4 members (excludes halogenated alkanes) is 11. The predicted octanol–water partition coefficient (Wildman–Crippen LogP) is -2.57. The Bertz CT molecular complexity index is 1220. The predicted molar refractivity (Wildman–Crippen MR) is 152 cm³/mol. The van der Waals surface area contributed by atoms with Crippen LogP contribution in [-0.2, 0) is 28.2 Å². The topological polar surface area (TPSA) is 125 Å². The summed E-state index contributed by atoms with van der Waals surface area (Å²) in [5.74, 6) is 27.1. The Balaban J connectivity index is -0.00000800. The number of hydrogen-bond donors (Lipinski definition) is 0. The van der Waals surface area contributed by atoms with Crippen molar-refractivity contribution in [2.75, 3.05) is 13.2 Å². The second-order valence-corrected chi connectivity index (χ2v) is 9.87. The Morgan fingerprint density at radius 2 is 1.12 bits per heavy atom. The van der Waals surface area contributed by atoms with Crippen LogP contribution in [0.15, 0.2) is 0 Å². The SMILES string of the molecule is CC#CC#CC#CC#CC#CC#CC(=O)OC[C@H](COP(=O)([O-])[O-])OC(=O)CCCCCCCCCCCCCC.[Na+].[Na+]. The van der Waals surface area contributed by atoms with Gasteiger partial charge in [-0.05, 0) is 72.5 Å². The van der Waals surface area contributed by atoms with E-state index in [0.717, 1.165) is 19.3 Å². The van der Waals surface area contributed by atoms with E-state index in [1.54, 1.807) is 6.92 Å². The first-order valence-corrected chi connectivity index (χ1v) is 15.2. The average Bonchev–Trinajstić information content (AvgIpc) is 2.93. The number of esters is 2. The number of carbonyl (C=O) groups is 2. The summed E-state index contributed by atoms with van der Waals surface area (Å²) in [6.07, 6.45) is 12.5. The molecule has 0 saturated carbocycles. The van der Waals surface area contributed by atoms with Crippen LogP contribution < -0.4 is 68.9 Å². The summed E-state index contributed by atoms with van der Waals surface area (Å²) in [6, 6.07) is 0. The van der Waals surface area contributed by atoms with Crippen LogP contribution in [0, 0.1) is 71.0 Å². The number of ether oxygens (including phenoxy) is 2. The smallest absolute Gasteiger partial charge is 0.790 e. The molecule has 0 radical (unpaired) electrons. The quantitative estimate of drug-likeness (QED) is 0.0383. The van der Waals surface area contributed by atoms with Crippen molar-refractivity contribution in [1.82, 2.24) is 0 Å². The summed E-state index contributed by atoms with van der Waals surface area (Å²) < 4.78 is 25.0. The van der Waals surface area contributed by atoms with Gasteiger partial charge in [-0.2, -0.15) is 0 Å². The molecular formula is C32H37Na2O8P. The van der Waals surface area contributed by atoms with E-state index in [9.17, 15) is 23.9 Å². The maximum Gasteiger partial charge on any atom is 1.00 e. The molecule has 0 fully saturated rings. The van der Waals surface area contributed by atoms with Crippen molar-refractivity contribution in [2.24, 2.45) is 0 Å². The van der Waals surface area contributed by atoms with Gasteiger partial charge in [0.25, 0.3) is 0 Å². The maximum absolute atomic E-state index is 12.2. The molecule has 0 spiro atoms. The Labute approximate surface area is 302 Å². The number of phosphoric ester groups is 1. The van der Waals surface area contributed by atoms with E-state index in [-0.39, 0.29) is 65.5 Å². The normalized spacial score (nSPS) is 9.58. The van der Waals surface area contributed by atoms with Crippen LogP contribution >= 0.6 is 7.82 Å². The average molecular weight is 627 g/mol. The molecule has 0 aromatic heterocycles. The van der Waals surface area contributed by atoms with Gasteiger partial charge in [0.05, 0.1) is 14.4 Å². The van der Waals surface area contributed by atoms with Gasteiger partial charge < -0.3 is 28.3 Å². The summed E-state index contributed by atoms with van der Waals surface area (Å²) in [6.45, 7) is 2.53. The number of rotatable bonds is 19. The molecular weight excluding hydrogens is 589 g/mol. The van der Waals surface area contributed by atoms with Crippen molar-refractivity contribution in [3.8, 4) is 71.0 Å². The molecule has 0 bridgehead atoms. The minimum Gasteiger partial charge on any atom is -0.790 e. The van der Waals surface area contributed by atoms with Crippen LogP contribution in [0.25, 0.3) is 0 Å². The van der Waals surface area contributed by atoms with Crippen molar-refractivity contribution in [3.63, 3.8) is 0 Å². The van der Waals surface area contributed by atoms with E-state index in [2.05, 4.69) is 82.5 Å². The first kappa shape index (κ1) is 45.8. The Kier molecular flexibility index (Phi) is 35.5. The van der Waals surface area contributed by atoms with Crippen LogP contribution in [-0.4, -0.2) is 31.3 Å². The number of carbonyl (C=O) groups excluding carboxylic acids is 2. The fourth-order valence-electron chi connectivity index (χ4n) is 3.25. The molecule has 0 amide bonds. The molecule has 1 atom stereocenters. The molecule has 0 saturated heterocycles. The summed E-state index contributed by atoms with van der Waals surface area (Å²) in [5, 5.41) is 0. The first-order valence-electron chi connectivity index (χ1n) is 13.7. The van der Waals surface area contributed by atoms with Crippen LogP contribution in [0.5, 0.6) is 0 Å². The molecule has 0 aromatic rings. The summed E-state index contributed by atoms with van der Waals surface area (Å²) in [7, 11) is -5.31. The molecule has 0 N–H and O–H groups in total. The van der Waals surface area contributed by atoms with Gasteiger partial charge in [-0.3, -0.25) is 4.79 Å². The van der Waals surface area contributed by atoms with Crippen molar-refractivity contribution in [3.05, 3.63) is 0 Å². The van der Waals surface area contributed by atoms with Crippen molar-refractivity contribution in [1.29, 1.82) is 0 Å². The summed E-state index contributed by atoms with van der Waals surface area (Å²) in [5.41, 5.74) is 0. The largest absolute Gasteiger partial charge is 1.00 e.